The van der Waals surface area contributed by atoms with Gasteiger partial charge < -0.3 is 9.84 Å². The maximum absolute atomic E-state index is 14.0. The summed E-state index contributed by atoms with van der Waals surface area (Å²) < 4.78 is 90.2. The van der Waals surface area contributed by atoms with Crippen LogP contribution in [0.5, 0.6) is 5.75 Å². The highest BCUT2D eigenvalue weighted by Crippen LogP contribution is 2.45. The van der Waals surface area contributed by atoms with E-state index in [0.717, 1.165) is 30.3 Å². The molecule has 0 unspecified atom stereocenters. The molecule has 11 heteroatoms. The van der Waals surface area contributed by atoms with Gasteiger partial charge in [0.2, 0.25) is 0 Å². The molecule has 0 heterocycles. The van der Waals surface area contributed by atoms with Crippen molar-refractivity contribution in [1.82, 2.24) is 0 Å². The molecule has 0 atom stereocenters. The average molecular weight is 533 g/mol. The summed E-state index contributed by atoms with van der Waals surface area (Å²) in [7, 11) is -3.18. The first kappa shape index (κ1) is 26.0. The minimum absolute atomic E-state index is 0.0526. The number of hydrogen-bond donors (Lipinski definition) is 2. The summed E-state index contributed by atoms with van der Waals surface area (Å²) in [6.07, 6.45) is -5.40. The Bertz CT molecular complexity index is 1620. The van der Waals surface area contributed by atoms with Gasteiger partial charge in [-0.25, -0.2) is 12.8 Å². The van der Waals surface area contributed by atoms with E-state index >= 15 is 0 Å². The van der Waals surface area contributed by atoms with E-state index in [0.29, 0.717) is 0 Å². The lowest BCUT2D eigenvalue weighted by Gasteiger charge is -2.19. The quantitative estimate of drug-likeness (QED) is 0.280. The predicted molar refractivity (Wildman–Crippen MR) is 129 cm³/mol. The number of ether oxygens (including phenoxy) is 1. The summed E-state index contributed by atoms with van der Waals surface area (Å²) in [6, 6.07) is 15.1. The summed E-state index contributed by atoms with van der Waals surface area (Å²) >= 11 is 0. The van der Waals surface area contributed by atoms with Crippen molar-refractivity contribution in [3.8, 4) is 16.9 Å². The number of benzene rings is 4. The minimum Gasteiger partial charge on any atom is -0.495 e. The van der Waals surface area contributed by atoms with Gasteiger partial charge in [0.05, 0.1) is 24.0 Å². The van der Waals surface area contributed by atoms with Crippen molar-refractivity contribution in [2.75, 3.05) is 11.8 Å². The lowest BCUT2D eigenvalue weighted by molar-refractivity contribution is -0.137. The fourth-order valence-electron chi connectivity index (χ4n) is 4.07. The molecular weight excluding hydrogens is 514 g/mol. The number of rotatable bonds is 7. The number of alkyl halides is 3. The standard InChI is InChI=1S/C26H19F4NO5S/c1-36-25-19-8-3-2-7-18(19)23(14-20(25)17-6-4-5-9-21(17)26(28,29)30)37(34,35)31-16-10-11-22(27)15(12-16)13-24(32)33/h2-12,14,31H,13H2,1H3,(H,32,33). The zero-order valence-corrected chi connectivity index (χ0v) is 20.0. The molecule has 0 amide bonds. The molecule has 0 aliphatic carbocycles. The molecule has 0 saturated heterocycles. The molecule has 0 fully saturated rings. The number of sulfonamides is 1. The molecular formula is C26H19F4NO5S. The first-order valence-electron chi connectivity index (χ1n) is 10.7. The van der Waals surface area contributed by atoms with Gasteiger partial charge in [0, 0.05) is 27.6 Å². The number of fused-ring (bicyclic) bond motifs is 1. The van der Waals surface area contributed by atoms with Crippen LogP contribution in [0, 0.1) is 5.82 Å². The van der Waals surface area contributed by atoms with Gasteiger partial charge in [0.25, 0.3) is 10.0 Å². The molecule has 0 aliphatic heterocycles. The zero-order chi connectivity index (χ0) is 27.0. The highest BCUT2D eigenvalue weighted by molar-refractivity contribution is 7.93. The third kappa shape index (κ3) is 5.21. The molecule has 0 saturated carbocycles. The lowest BCUT2D eigenvalue weighted by atomic mass is 9.95. The summed E-state index contributed by atoms with van der Waals surface area (Å²) in [5, 5.41) is 9.41. The second kappa shape index (κ2) is 9.74. The van der Waals surface area contributed by atoms with Crippen molar-refractivity contribution in [2.45, 2.75) is 17.5 Å². The molecule has 4 aromatic rings. The number of carbonyl (C=O) groups is 1. The largest absolute Gasteiger partial charge is 0.495 e. The highest BCUT2D eigenvalue weighted by Gasteiger charge is 2.35. The summed E-state index contributed by atoms with van der Waals surface area (Å²) in [4.78, 5) is 10.7. The van der Waals surface area contributed by atoms with E-state index in [1.54, 1.807) is 12.1 Å². The number of carboxylic acid groups (broad SMARTS) is 1. The average Bonchev–Trinajstić information content (AvgIpc) is 2.84. The Morgan fingerprint density at radius 2 is 1.59 bits per heavy atom. The van der Waals surface area contributed by atoms with Crippen LogP contribution in [-0.2, 0) is 27.4 Å². The lowest BCUT2D eigenvalue weighted by Crippen LogP contribution is -2.15. The Kier molecular flexibility index (Phi) is 6.83. The van der Waals surface area contributed by atoms with E-state index in [4.69, 9.17) is 9.84 Å². The van der Waals surface area contributed by atoms with Gasteiger partial charge in [0.15, 0.2) is 0 Å². The topological polar surface area (TPSA) is 92.7 Å². The van der Waals surface area contributed by atoms with Gasteiger partial charge in [0.1, 0.15) is 11.6 Å². The molecule has 0 bridgehead atoms. The summed E-state index contributed by atoms with van der Waals surface area (Å²) in [5.41, 5.74) is -1.71. The molecule has 192 valence electrons. The summed E-state index contributed by atoms with van der Waals surface area (Å²) in [5.74, 6) is -2.09. The molecule has 0 aromatic heterocycles. The first-order chi connectivity index (χ1) is 17.4. The van der Waals surface area contributed by atoms with Gasteiger partial charge >= 0.3 is 12.1 Å². The van der Waals surface area contributed by atoms with E-state index in [1.165, 1.54) is 37.4 Å². The van der Waals surface area contributed by atoms with Gasteiger partial charge in [-0.1, -0.05) is 42.5 Å². The molecule has 6 nitrogen and oxygen atoms in total. The minimum atomic E-state index is -4.72. The maximum atomic E-state index is 14.0. The first-order valence-corrected chi connectivity index (χ1v) is 12.2. The van der Waals surface area contributed by atoms with Crippen LogP contribution < -0.4 is 9.46 Å². The SMILES string of the molecule is COc1c(-c2ccccc2C(F)(F)F)cc(S(=O)(=O)Nc2ccc(F)c(CC(=O)O)c2)c2ccccc12. The van der Waals surface area contributed by atoms with E-state index < -0.39 is 40.0 Å². The van der Waals surface area contributed by atoms with Crippen LogP contribution in [0.2, 0.25) is 0 Å². The summed E-state index contributed by atoms with van der Waals surface area (Å²) in [6.45, 7) is 0. The Hall–Kier alpha value is -4.12. The van der Waals surface area contributed by atoms with Crippen molar-refractivity contribution < 1.29 is 40.6 Å². The second-order valence-electron chi connectivity index (χ2n) is 8.03. The second-order valence-corrected chi connectivity index (χ2v) is 9.68. The maximum Gasteiger partial charge on any atom is 0.417 e. The van der Waals surface area contributed by atoms with E-state index in [-0.39, 0.29) is 43.8 Å². The van der Waals surface area contributed by atoms with Crippen LogP contribution in [0.25, 0.3) is 21.9 Å². The third-order valence-electron chi connectivity index (χ3n) is 5.61. The van der Waals surface area contributed by atoms with E-state index in [1.807, 2.05) is 0 Å². The van der Waals surface area contributed by atoms with Crippen LogP contribution in [0.3, 0.4) is 0 Å². The molecule has 2 N–H and O–H groups in total. The van der Waals surface area contributed by atoms with Gasteiger partial charge in [-0.3, -0.25) is 9.52 Å². The fourth-order valence-corrected chi connectivity index (χ4v) is 5.36. The smallest absolute Gasteiger partial charge is 0.417 e. The Labute approximate surface area is 209 Å². The predicted octanol–water partition coefficient (Wildman–Crippen LogP) is 6.10. The molecule has 0 aliphatic rings. The van der Waals surface area contributed by atoms with Crippen molar-refractivity contribution in [1.29, 1.82) is 0 Å². The van der Waals surface area contributed by atoms with Crippen LogP contribution in [-0.4, -0.2) is 26.6 Å². The number of aliphatic carboxylic acids is 1. The van der Waals surface area contributed by atoms with Gasteiger partial charge in [-0.05, 0) is 35.9 Å². The monoisotopic (exact) mass is 533 g/mol. The Morgan fingerprint density at radius 3 is 2.24 bits per heavy atom. The number of hydrogen-bond acceptors (Lipinski definition) is 4. The number of carboxylic acids is 1. The van der Waals surface area contributed by atoms with Crippen molar-refractivity contribution in [2.24, 2.45) is 0 Å². The molecule has 4 aromatic carbocycles. The van der Waals surface area contributed by atoms with Crippen molar-refractivity contribution in [3.05, 3.63) is 89.7 Å². The van der Waals surface area contributed by atoms with Crippen LogP contribution in [0.15, 0.2) is 77.7 Å². The van der Waals surface area contributed by atoms with Crippen LogP contribution in [0.1, 0.15) is 11.1 Å². The van der Waals surface area contributed by atoms with E-state index in [2.05, 4.69) is 4.72 Å². The molecule has 0 spiro atoms. The third-order valence-corrected chi connectivity index (χ3v) is 7.03. The van der Waals surface area contributed by atoms with E-state index in [9.17, 15) is 30.8 Å². The van der Waals surface area contributed by atoms with Crippen LogP contribution in [0.4, 0.5) is 23.2 Å². The number of halogens is 4. The fraction of sp³-hybridized carbons (Fsp3) is 0.115. The highest BCUT2D eigenvalue weighted by atomic mass is 32.2. The number of methoxy groups -OCH3 is 1. The Balaban J connectivity index is 1.94. The Morgan fingerprint density at radius 1 is 0.946 bits per heavy atom. The van der Waals surface area contributed by atoms with Crippen molar-refractivity contribution >= 4 is 32.5 Å². The molecule has 0 radical (unpaired) electrons. The zero-order valence-electron chi connectivity index (χ0n) is 19.1. The van der Waals surface area contributed by atoms with Gasteiger partial charge in [-0.2, -0.15) is 13.2 Å². The molecule has 37 heavy (non-hydrogen) atoms. The van der Waals surface area contributed by atoms with Gasteiger partial charge in [-0.15, -0.1) is 0 Å². The normalized spacial score (nSPS) is 11.9. The van der Waals surface area contributed by atoms with Crippen molar-refractivity contribution in [3.63, 3.8) is 0 Å². The van der Waals surface area contributed by atoms with Crippen LogP contribution >= 0.6 is 0 Å². The number of nitrogens with one attached hydrogen (secondary N) is 1. The molecule has 4 rings (SSSR count). The number of anilines is 1.